The molecule has 2 heterocycles. The Hall–Kier alpha value is -3.34. The van der Waals surface area contributed by atoms with E-state index < -0.39 is 64.2 Å². The molecule has 0 saturated carbocycles. The molecule has 0 bridgehead atoms. The number of aliphatic hydroxyl groups excluding tert-OH is 1. The number of hydrogen-bond donors (Lipinski definition) is 3. The fourth-order valence-electron chi connectivity index (χ4n) is 3.51. The van der Waals surface area contributed by atoms with Gasteiger partial charge in [-0.15, -0.1) is 0 Å². The molecule has 166 valence electrons. The number of likely N-dealkylation sites (N-methyl/N-ethyl adjacent to an activating group) is 1. The molecule has 0 aliphatic carbocycles. The van der Waals surface area contributed by atoms with Gasteiger partial charge < -0.3 is 25.0 Å². The molecule has 1 atom stereocenters. The Labute approximate surface area is 174 Å². The van der Waals surface area contributed by atoms with Crippen LogP contribution in [0.4, 0.5) is 13.2 Å². The highest BCUT2D eigenvalue weighted by Gasteiger charge is 2.34. The highest BCUT2D eigenvalue weighted by molar-refractivity contribution is 5.99. The van der Waals surface area contributed by atoms with Gasteiger partial charge >= 0.3 is 0 Å². The van der Waals surface area contributed by atoms with Gasteiger partial charge in [-0.05, 0) is 13.3 Å². The number of rotatable bonds is 6. The lowest BCUT2D eigenvalue weighted by molar-refractivity contribution is 0.0652. The fraction of sp³-hybridized carbons (Fsp3) is 0.350. The minimum atomic E-state index is -1.21. The normalized spacial score (nSPS) is 15.7. The van der Waals surface area contributed by atoms with E-state index in [1.807, 2.05) is 0 Å². The van der Waals surface area contributed by atoms with Crippen LogP contribution in [0.25, 0.3) is 0 Å². The molecule has 0 unspecified atom stereocenters. The summed E-state index contributed by atoms with van der Waals surface area (Å²) in [6, 6.07) is 0.395. The summed E-state index contributed by atoms with van der Waals surface area (Å²) in [4.78, 5) is 39.1. The molecule has 2 aromatic rings. The van der Waals surface area contributed by atoms with Gasteiger partial charge in [0.05, 0.1) is 6.04 Å². The molecule has 8 nitrogen and oxygen atoms in total. The maximum absolute atomic E-state index is 13.8. The Morgan fingerprint density at radius 1 is 1.23 bits per heavy atom. The summed E-state index contributed by atoms with van der Waals surface area (Å²) in [5, 5.41) is 21.9. The molecule has 0 spiro atoms. The van der Waals surface area contributed by atoms with Gasteiger partial charge in [-0.2, -0.15) is 0 Å². The van der Waals surface area contributed by atoms with Crippen LogP contribution in [0.2, 0.25) is 0 Å². The number of fused-ring (bicyclic) bond motifs is 1. The topological polar surface area (TPSA) is 112 Å². The van der Waals surface area contributed by atoms with Crippen LogP contribution in [0.1, 0.15) is 45.8 Å². The maximum Gasteiger partial charge on any atom is 0.274 e. The Balaban J connectivity index is 1.97. The van der Waals surface area contributed by atoms with Gasteiger partial charge in [-0.3, -0.25) is 14.4 Å². The van der Waals surface area contributed by atoms with E-state index in [1.165, 1.54) is 9.47 Å². The van der Waals surface area contributed by atoms with Crippen molar-refractivity contribution in [2.24, 2.45) is 0 Å². The molecule has 3 N–H and O–H groups in total. The average Bonchev–Trinajstić information content (AvgIpc) is 2.71. The summed E-state index contributed by atoms with van der Waals surface area (Å²) in [7, 11) is 0. The number of benzene rings is 1. The van der Waals surface area contributed by atoms with E-state index in [0.29, 0.717) is 18.7 Å². The zero-order valence-corrected chi connectivity index (χ0v) is 16.5. The van der Waals surface area contributed by atoms with E-state index in [9.17, 15) is 37.8 Å². The SMILES string of the molecule is CCN1C[C@@H](CCO)n2cc(C(=O)NCc3c(F)cc(F)cc3F)c(=O)c(O)c2C1=O. The first-order valence-electron chi connectivity index (χ1n) is 9.49. The van der Waals surface area contributed by atoms with Crippen molar-refractivity contribution in [3.8, 4) is 5.75 Å². The number of aliphatic hydroxyl groups is 1. The number of halogens is 3. The van der Waals surface area contributed by atoms with Crippen molar-refractivity contribution in [3.63, 3.8) is 0 Å². The molecular weight excluding hydrogens is 419 g/mol. The zero-order valence-electron chi connectivity index (χ0n) is 16.5. The number of nitrogens with zero attached hydrogens (tertiary/aromatic N) is 2. The number of pyridine rings is 1. The van der Waals surface area contributed by atoms with Crippen molar-refractivity contribution in [1.82, 2.24) is 14.8 Å². The van der Waals surface area contributed by atoms with Gasteiger partial charge in [0.1, 0.15) is 23.0 Å². The lowest BCUT2D eigenvalue weighted by Crippen LogP contribution is -2.45. The van der Waals surface area contributed by atoms with Crippen molar-refractivity contribution in [2.75, 3.05) is 19.7 Å². The Morgan fingerprint density at radius 2 is 1.87 bits per heavy atom. The quantitative estimate of drug-likeness (QED) is 0.628. The Bertz CT molecular complexity index is 1080. The standard InChI is InChI=1S/C20H20F3N3O5/c1-2-25-8-11(3-4-27)26-9-13(17(28)18(29)16(26)20(25)31)19(30)24-7-12-14(22)5-10(21)6-15(12)23/h5-6,9,11,27,29H,2-4,7-8H2,1H3,(H,24,30)/t11-/m1/s1. The second-order valence-corrected chi connectivity index (χ2v) is 7.02. The molecule has 1 aromatic carbocycles. The van der Waals surface area contributed by atoms with Crippen LogP contribution in [0.15, 0.2) is 23.1 Å². The third-order valence-corrected chi connectivity index (χ3v) is 5.14. The van der Waals surface area contributed by atoms with Crippen LogP contribution in [-0.2, 0) is 6.54 Å². The number of amides is 2. The summed E-state index contributed by atoms with van der Waals surface area (Å²) in [6.07, 6.45) is 1.27. The summed E-state index contributed by atoms with van der Waals surface area (Å²) < 4.78 is 41.8. The molecule has 3 rings (SSSR count). The lowest BCUT2D eigenvalue weighted by atomic mass is 10.1. The van der Waals surface area contributed by atoms with Crippen LogP contribution in [0, 0.1) is 17.5 Å². The molecule has 11 heteroatoms. The molecule has 1 aliphatic heterocycles. The Morgan fingerprint density at radius 3 is 2.45 bits per heavy atom. The number of aromatic nitrogens is 1. The van der Waals surface area contributed by atoms with E-state index in [1.54, 1.807) is 6.92 Å². The minimum absolute atomic E-state index is 0.187. The zero-order chi connectivity index (χ0) is 22.9. The molecule has 0 fully saturated rings. The van der Waals surface area contributed by atoms with Crippen molar-refractivity contribution in [1.29, 1.82) is 0 Å². The number of carbonyl (C=O) groups is 2. The first-order valence-corrected chi connectivity index (χ1v) is 9.49. The summed E-state index contributed by atoms with van der Waals surface area (Å²) >= 11 is 0. The summed E-state index contributed by atoms with van der Waals surface area (Å²) in [5.74, 6) is -6.13. The second-order valence-electron chi connectivity index (χ2n) is 7.02. The predicted molar refractivity (Wildman–Crippen MR) is 102 cm³/mol. The molecular formula is C20H20F3N3O5. The molecule has 1 aliphatic rings. The van der Waals surface area contributed by atoms with Crippen molar-refractivity contribution in [2.45, 2.75) is 25.9 Å². The first-order chi connectivity index (χ1) is 14.7. The van der Waals surface area contributed by atoms with Crippen LogP contribution in [-0.4, -0.2) is 51.2 Å². The van der Waals surface area contributed by atoms with Gasteiger partial charge in [-0.1, -0.05) is 0 Å². The molecule has 2 amide bonds. The number of aromatic hydroxyl groups is 1. The van der Waals surface area contributed by atoms with Gasteiger partial charge in [-0.25, -0.2) is 13.2 Å². The largest absolute Gasteiger partial charge is 0.503 e. The Kier molecular flexibility index (Phi) is 6.34. The van der Waals surface area contributed by atoms with Gasteiger partial charge in [0.15, 0.2) is 11.4 Å². The molecule has 31 heavy (non-hydrogen) atoms. The third-order valence-electron chi connectivity index (χ3n) is 5.14. The van der Waals surface area contributed by atoms with Crippen LogP contribution in [0.5, 0.6) is 5.75 Å². The third kappa shape index (κ3) is 4.13. The van der Waals surface area contributed by atoms with E-state index in [4.69, 9.17) is 0 Å². The first kappa shape index (κ1) is 22.3. The minimum Gasteiger partial charge on any atom is -0.503 e. The lowest BCUT2D eigenvalue weighted by Gasteiger charge is -2.35. The van der Waals surface area contributed by atoms with Crippen LogP contribution in [0.3, 0.4) is 0 Å². The molecule has 1 aromatic heterocycles. The van der Waals surface area contributed by atoms with Crippen molar-refractivity contribution in [3.05, 3.63) is 62.8 Å². The molecule has 0 saturated heterocycles. The van der Waals surface area contributed by atoms with E-state index in [-0.39, 0.29) is 25.3 Å². The van der Waals surface area contributed by atoms with Crippen molar-refractivity contribution >= 4 is 11.8 Å². The number of nitrogens with one attached hydrogen (secondary N) is 1. The predicted octanol–water partition coefficient (Wildman–Crippen LogP) is 1.30. The van der Waals surface area contributed by atoms with Crippen LogP contribution >= 0.6 is 0 Å². The summed E-state index contributed by atoms with van der Waals surface area (Å²) in [5.41, 5.74) is -2.59. The van der Waals surface area contributed by atoms with Crippen molar-refractivity contribution < 1.29 is 33.0 Å². The second kappa shape index (κ2) is 8.80. The highest BCUT2D eigenvalue weighted by Crippen LogP contribution is 2.28. The molecule has 0 radical (unpaired) electrons. The van der Waals surface area contributed by atoms with E-state index in [0.717, 1.165) is 6.20 Å². The highest BCUT2D eigenvalue weighted by atomic mass is 19.1. The van der Waals surface area contributed by atoms with Gasteiger partial charge in [0.25, 0.3) is 11.8 Å². The number of hydrogen-bond acceptors (Lipinski definition) is 5. The monoisotopic (exact) mass is 439 g/mol. The maximum atomic E-state index is 13.8. The summed E-state index contributed by atoms with van der Waals surface area (Å²) in [6.45, 7) is 1.30. The smallest absolute Gasteiger partial charge is 0.274 e. The van der Waals surface area contributed by atoms with E-state index >= 15 is 0 Å². The number of carbonyl (C=O) groups excluding carboxylic acids is 2. The fourth-order valence-corrected chi connectivity index (χ4v) is 3.51. The van der Waals surface area contributed by atoms with Gasteiger partial charge in [0.2, 0.25) is 5.43 Å². The average molecular weight is 439 g/mol. The van der Waals surface area contributed by atoms with E-state index in [2.05, 4.69) is 5.32 Å². The van der Waals surface area contributed by atoms with Gasteiger partial charge in [0, 0.05) is 50.1 Å². The van der Waals surface area contributed by atoms with Crippen LogP contribution < -0.4 is 10.7 Å².